The molecular formula is C14H26O5. The van der Waals surface area contributed by atoms with E-state index in [4.69, 9.17) is 14.6 Å². The standard InChI is InChI=1S/C14H26O5/c15-9-5-3-4-8-12(16)13(17)14-18-10-6-1-2-7-11-19-14/h12,14-16H,1-11H2. The molecule has 1 fully saturated rings. The SMILES string of the molecule is O=C(C(O)CCCCCO)C1OCCCCCCO1. The van der Waals surface area contributed by atoms with Crippen molar-refractivity contribution < 1.29 is 24.5 Å². The van der Waals surface area contributed by atoms with Crippen LogP contribution in [0.5, 0.6) is 0 Å². The predicted octanol–water partition coefficient (Wildman–Crippen LogP) is 1.40. The first-order valence-corrected chi connectivity index (χ1v) is 7.31. The minimum Gasteiger partial charge on any atom is -0.396 e. The second kappa shape index (κ2) is 10.3. The van der Waals surface area contributed by atoms with E-state index < -0.39 is 12.4 Å². The van der Waals surface area contributed by atoms with E-state index in [0.29, 0.717) is 26.1 Å². The lowest BCUT2D eigenvalue weighted by Crippen LogP contribution is -2.36. The maximum atomic E-state index is 12.0. The molecule has 1 heterocycles. The first-order chi connectivity index (χ1) is 9.25. The van der Waals surface area contributed by atoms with Gasteiger partial charge in [-0.25, -0.2) is 0 Å². The molecular weight excluding hydrogens is 248 g/mol. The summed E-state index contributed by atoms with van der Waals surface area (Å²) in [6, 6.07) is 0. The Kier molecular flexibility index (Phi) is 8.99. The van der Waals surface area contributed by atoms with Gasteiger partial charge in [0.15, 0.2) is 0 Å². The van der Waals surface area contributed by atoms with Gasteiger partial charge in [-0.05, 0) is 25.7 Å². The average molecular weight is 274 g/mol. The van der Waals surface area contributed by atoms with Crippen LogP contribution in [0.15, 0.2) is 0 Å². The molecule has 1 aliphatic rings. The largest absolute Gasteiger partial charge is 0.396 e. The Balaban J connectivity index is 2.31. The summed E-state index contributed by atoms with van der Waals surface area (Å²) in [5.74, 6) is -0.370. The van der Waals surface area contributed by atoms with Crippen molar-refractivity contribution in [2.45, 2.75) is 63.8 Å². The van der Waals surface area contributed by atoms with Crippen molar-refractivity contribution in [3.05, 3.63) is 0 Å². The Bertz CT molecular complexity index is 234. The Morgan fingerprint density at radius 1 is 1.05 bits per heavy atom. The summed E-state index contributed by atoms with van der Waals surface area (Å²) in [6.45, 7) is 1.17. The Morgan fingerprint density at radius 3 is 2.26 bits per heavy atom. The van der Waals surface area contributed by atoms with Crippen LogP contribution in [0.2, 0.25) is 0 Å². The zero-order valence-electron chi connectivity index (χ0n) is 11.6. The third-order valence-electron chi connectivity index (χ3n) is 3.27. The van der Waals surface area contributed by atoms with Crippen molar-refractivity contribution in [3.8, 4) is 0 Å². The number of rotatable bonds is 7. The van der Waals surface area contributed by atoms with Crippen LogP contribution in [0, 0.1) is 0 Å². The van der Waals surface area contributed by atoms with Gasteiger partial charge in [-0.2, -0.15) is 0 Å². The second-order valence-electron chi connectivity index (χ2n) is 4.98. The Labute approximate surface area is 114 Å². The van der Waals surface area contributed by atoms with Gasteiger partial charge in [0, 0.05) is 6.61 Å². The van der Waals surface area contributed by atoms with E-state index >= 15 is 0 Å². The van der Waals surface area contributed by atoms with Crippen molar-refractivity contribution in [2.24, 2.45) is 0 Å². The van der Waals surface area contributed by atoms with Crippen molar-refractivity contribution >= 4 is 5.78 Å². The fraction of sp³-hybridized carbons (Fsp3) is 0.929. The number of ketones is 1. The van der Waals surface area contributed by atoms with E-state index in [9.17, 15) is 9.90 Å². The summed E-state index contributed by atoms with van der Waals surface area (Å²) >= 11 is 0. The molecule has 2 N–H and O–H groups in total. The maximum absolute atomic E-state index is 12.0. The lowest BCUT2D eigenvalue weighted by Gasteiger charge is -2.19. The lowest BCUT2D eigenvalue weighted by atomic mass is 10.1. The van der Waals surface area contributed by atoms with Crippen LogP contribution in [0.25, 0.3) is 0 Å². The van der Waals surface area contributed by atoms with Crippen molar-refractivity contribution in [3.63, 3.8) is 0 Å². The van der Waals surface area contributed by atoms with Crippen molar-refractivity contribution in [1.82, 2.24) is 0 Å². The highest BCUT2D eigenvalue weighted by molar-refractivity contribution is 5.85. The number of Topliss-reactive ketones (excluding diaryl/α,β-unsaturated/α-hetero) is 1. The number of hydrogen-bond acceptors (Lipinski definition) is 5. The smallest absolute Gasteiger partial charge is 0.220 e. The third-order valence-corrected chi connectivity index (χ3v) is 3.27. The van der Waals surface area contributed by atoms with Crippen LogP contribution in [-0.4, -0.2) is 48.2 Å². The molecule has 0 saturated carbocycles. The van der Waals surface area contributed by atoms with Gasteiger partial charge >= 0.3 is 0 Å². The van der Waals surface area contributed by atoms with E-state index in [-0.39, 0.29) is 12.4 Å². The zero-order chi connectivity index (χ0) is 13.9. The highest BCUT2D eigenvalue weighted by Crippen LogP contribution is 2.12. The van der Waals surface area contributed by atoms with Gasteiger partial charge in [0.05, 0.1) is 13.2 Å². The molecule has 0 aromatic carbocycles. The van der Waals surface area contributed by atoms with Gasteiger partial charge in [0.1, 0.15) is 6.10 Å². The molecule has 0 spiro atoms. The number of aliphatic hydroxyl groups is 2. The number of aliphatic hydroxyl groups excluding tert-OH is 2. The van der Waals surface area contributed by atoms with Gasteiger partial charge in [0.2, 0.25) is 12.1 Å². The lowest BCUT2D eigenvalue weighted by molar-refractivity contribution is -0.177. The molecule has 5 nitrogen and oxygen atoms in total. The molecule has 1 aliphatic heterocycles. The Hall–Kier alpha value is -0.490. The van der Waals surface area contributed by atoms with Crippen molar-refractivity contribution in [2.75, 3.05) is 19.8 Å². The normalized spacial score (nSPS) is 20.3. The third kappa shape index (κ3) is 7.01. The molecule has 1 saturated heterocycles. The highest BCUT2D eigenvalue weighted by Gasteiger charge is 2.26. The first kappa shape index (κ1) is 16.6. The summed E-state index contributed by atoms with van der Waals surface area (Å²) in [5, 5.41) is 18.5. The van der Waals surface area contributed by atoms with Gasteiger partial charge in [-0.15, -0.1) is 0 Å². The van der Waals surface area contributed by atoms with Crippen LogP contribution in [0.4, 0.5) is 0 Å². The molecule has 0 amide bonds. The van der Waals surface area contributed by atoms with E-state index in [1.807, 2.05) is 0 Å². The maximum Gasteiger partial charge on any atom is 0.220 e. The molecule has 1 atom stereocenters. The Morgan fingerprint density at radius 2 is 1.68 bits per heavy atom. The van der Waals surface area contributed by atoms with E-state index in [2.05, 4.69) is 0 Å². The topological polar surface area (TPSA) is 76.0 Å². The van der Waals surface area contributed by atoms with Crippen LogP contribution in [0.3, 0.4) is 0 Å². The summed E-state index contributed by atoms with van der Waals surface area (Å²) in [7, 11) is 0. The molecule has 0 aliphatic carbocycles. The molecule has 0 bridgehead atoms. The van der Waals surface area contributed by atoms with Crippen LogP contribution in [-0.2, 0) is 14.3 Å². The summed E-state index contributed by atoms with van der Waals surface area (Å²) in [5.41, 5.74) is 0. The van der Waals surface area contributed by atoms with Crippen molar-refractivity contribution in [1.29, 1.82) is 0 Å². The van der Waals surface area contributed by atoms with Gasteiger partial charge in [-0.3, -0.25) is 4.79 Å². The minimum atomic E-state index is -1.02. The molecule has 0 radical (unpaired) electrons. The molecule has 112 valence electrons. The van der Waals surface area contributed by atoms with Gasteiger partial charge < -0.3 is 19.7 Å². The molecule has 1 rings (SSSR count). The van der Waals surface area contributed by atoms with Crippen LogP contribution in [0.1, 0.15) is 51.4 Å². The predicted molar refractivity (Wildman–Crippen MR) is 70.7 cm³/mol. The minimum absolute atomic E-state index is 0.152. The number of carbonyl (C=O) groups excluding carboxylic acids is 1. The fourth-order valence-electron chi connectivity index (χ4n) is 2.08. The van der Waals surface area contributed by atoms with Gasteiger partial charge in [0.25, 0.3) is 0 Å². The highest BCUT2D eigenvalue weighted by atomic mass is 16.7. The van der Waals surface area contributed by atoms with Gasteiger partial charge in [-0.1, -0.05) is 25.7 Å². The van der Waals surface area contributed by atoms with Crippen LogP contribution < -0.4 is 0 Å². The van der Waals surface area contributed by atoms with Crippen LogP contribution >= 0.6 is 0 Å². The summed E-state index contributed by atoms with van der Waals surface area (Å²) < 4.78 is 10.8. The summed E-state index contributed by atoms with van der Waals surface area (Å²) in [4.78, 5) is 12.0. The average Bonchev–Trinajstić information content (AvgIpc) is 2.56. The fourth-order valence-corrected chi connectivity index (χ4v) is 2.08. The zero-order valence-corrected chi connectivity index (χ0v) is 11.6. The van der Waals surface area contributed by atoms with E-state index in [1.54, 1.807) is 0 Å². The number of ether oxygens (including phenoxy) is 2. The molecule has 0 aromatic heterocycles. The monoisotopic (exact) mass is 274 g/mol. The molecule has 19 heavy (non-hydrogen) atoms. The molecule has 0 aromatic rings. The first-order valence-electron chi connectivity index (χ1n) is 7.31. The quantitative estimate of drug-likeness (QED) is 0.686. The number of hydrogen-bond donors (Lipinski definition) is 2. The number of unbranched alkanes of at least 4 members (excludes halogenated alkanes) is 2. The molecule has 1 unspecified atom stereocenters. The molecule has 5 heteroatoms. The van der Waals surface area contributed by atoms with E-state index in [1.165, 1.54) is 0 Å². The second-order valence-corrected chi connectivity index (χ2v) is 4.98. The van der Waals surface area contributed by atoms with E-state index in [0.717, 1.165) is 38.5 Å². The number of carbonyl (C=O) groups is 1. The summed E-state index contributed by atoms with van der Waals surface area (Å²) in [6.07, 6.45) is 4.75.